The number of aromatic amines is 1. The van der Waals surface area contributed by atoms with Gasteiger partial charge in [0, 0.05) is 24.3 Å². The Balaban J connectivity index is 1.62. The first-order valence-corrected chi connectivity index (χ1v) is 10.2. The summed E-state index contributed by atoms with van der Waals surface area (Å²) in [4.78, 5) is 28.5. The van der Waals surface area contributed by atoms with Gasteiger partial charge < -0.3 is 25.4 Å². The zero-order chi connectivity index (χ0) is 20.6. The van der Waals surface area contributed by atoms with Crippen LogP contribution in [0.4, 0.5) is 5.69 Å². The first-order valence-electron chi connectivity index (χ1n) is 10.2. The number of nitrogens with zero attached hydrogens (tertiary/aromatic N) is 1. The van der Waals surface area contributed by atoms with Gasteiger partial charge in [0.2, 0.25) is 0 Å². The van der Waals surface area contributed by atoms with Gasteiger partial charge in [-0.3, -0.25) is 4.79 Å². The second-order valence-corrected chi connectivity index (χ2v) is 8.16. The Morgan fingerprint density at radius 2 is 1.86 bits per heavy atom. The number of rotatable bonds is 4. The van der Waals surface area contributed by atoms with Gasteiger partial charge in [0.15, 0.2) is 5.56 Å². The Morgan fingerprint density at radius 3 is 2.48 bits per heavy atom. The number of H-pyrrole nitrogens is 1. The third-order valence-electron chi connectivity index (χ3n) is 6.48. The maximum Gasteiger partial charge on any atom is 0.345 e. The largest absolute Gasteiger partial charge is 0.506 e. The lowest BCUT2D eigenvalue weighted by Gasteiger charge is -2.34. The second-order valence-electron chi connectivity index (χ2n) is 8.16. The molecule has 2 fully saturated rings. The van der Waals surface area contributed by atoms with Gasteiger partial charge in [-0.2, -0.15) is 0 Å². The molecule has 7 heteroatoms. The van der Waals surface area contributed by atoms with Gasteiger partial charge >= 0.3 is 5.97 Å². The van der Waals surface area contributed by atoms with E-state index in [-0.39, 0.29) is 0 Å². The molecular formula is C22H27N3O4. The molecule has 2 saturated heterocycles. The zero-order valence-corrected chi connectivity index (χ0v) is 16.6. The number of nitrogens with one attached hydrogen (secondary N) is 2. The maximum atomic E-state index is 12.2. The summed E-state index contributed by atoms with van der Waals surface area (Å²) in [6.45, 7) is 6.12. The van der Waals surface area contributed by atoms with E-state index in [0.29, 0.717) is 23.1 Å². The van der Waals surface area contributed by atoms with E-state index in [1.165, 1.54) is 19.3 Å². The van der Waals surface area contributed by atoms with Crippen molar-refractivity contribution in [2.24, 2.45) is 5.41 Å². The molecule has 2 aliphatic heterocycles. The van der Waals surface area contributed by atoms with Crippen molar-refractivity contribution in [3.63, 3.8) is 0 Å². The van der Waals surface area contributed by atoms with Crippen LogP contribution in [0, 0.1) is 5.41 Å². The first kappa shape index (κ1) is 19.5. The quantitative estimate of drug-likeness (QED) is 0.632. The summed E-state index contributed by atoms with van der Waals surface area (Å²) in [6, 6.07) is 7.92. The van der Waals surface area contributed by atoms with Gasteiger partial charge in [0.1, 0.15) is 5.75 Å². The van der Waals surface area contributed by atoms with E-state index in [1.54, 1.807) is 0 Å². The molecule has 0 amide bonds. The summed E-state index contributed by atoms with van der Waals surface area (Å²) >= 11 is 0. The first-order chi connectivity index (χ1) is 13.9. The van der Waals surface area contributed by atoms with Crippen LogP contribution in [0.2, 0.25) is 0 Å². The molecule has 4 rings (SSSR count). The van der Waals surface area contributed by atoms with E-state index in [4.69, 9.17) is 0 Å². The summed E-state index contributed by atoms with van der Waals surface area (Å²) in [5.41, 5.74) is 1.84. The molecule has 0 atom stereocenters. The highest BCUT2D eigenvalue weighted by molar-refractivity contribution is 5.92. The highest BCUT2D eigenvalue weighted by atomic mass is 16.4. The topological polar surface area (TPSA) is 106 Å². The van der Waals surface area contributed by atoms with Crippen molar-refractivity contribution in [3.05, 3.63) is 45.7 Å². The summed E-state index contributed by atoms with van der Waals surface area (Å²) in [7, 11) is 0. The van der Waals surface area contributed by atoms with Gasteiger partial charge in [-0.1, -0.05) is 19.1 Å². The van der Waals surface area contributed by atoms with Crippen LogP contribution in [0.5, 0.6) is 5.75 Å². The third kappa shape index (κ3) is 3.51. The summed E-state index contributed by atoms with van der Waals surface area (Å²) in [5, 5.41) is 23.0. The molecule has 1 spiro atoms. The molecule has 2 aromatic rings. The maximum absolute atomic E-state index is 12.2. The van der Waals surface area contributed by atoms with E-state index in [0.717, 1.165) is 37.4 Å². The lowest BCUT2D eigenvalue weighted by molar-refractivity contribution is 0.0691. The average Bonchev–Trinajstić information content (AvgIpc) is 3.11. The molecule has 7 nitrogen and oxygen atoms in total. The van der Waals surface area contributed by atoms with Gasteiger partial charge in [-0.05, 0) is 61.9 Å². The number of carboxylic acids is 1. The number of anilines is 1. The number of aromatic hydroxyl groups is 1. The number of carboxylic acid groups (broad SMARTS) is 1. The van der Waals surface area contributed by atoms with E-state index in [9.17, 15) is 19.8 Å². The molecule has 29 heavy (non-hydrogen) atoms. The number of hydrogen-bond donors (Lipinski definition) is 4. The Bertz CT molecular complexity index is 975. The fourth-order valence-electron chi connectivity index (χ4n) is 4.78. The normalized spacial score (nSPS) is 18.3. The lowest BCUT2D eigenvalue weighted by atomic mass is 9.78. The molecule has 0 aliphatic carbocycles. The molecule has 0 bridgehead atoms. The standard InChI is InChI=1S/C22H27N3O4/c1-2-16-18(24-20(27)17(19(16)26)21(28)29)14-3-5-15(6-4-14)25-12-9-22(13-25)7-10-23-11-8-22/h3-6,23H,2,7-13H2,1H3,(H,28,29)(H2,24,26,27). The average molecular weight is 397 g/mol. The highest BCUT2D eigenvalue weighted by Crippen LogP contribution is 2.40. The Morgan fingerprint density at radius 1 is 1.17 bits per heavy atom. The molecule has 0 unspecified atom stereocenters. The van der Waals surface area contributed by atoms with E-state index >= 15 is 0 Å². The fraction of sp³-hybridized carbons (Fsp3) is 0.455. The molecule has 3 heterocycles. The van der Waals surface area contributed by atoms with Gasteiger partial charge in [-0.25, -0.2) is 4.79 Å². The van der Waals surface area contributed by atoms with Crippen LogP contribution in [-0.2, 0) is 6.42 Å². The van der Waals surface area contributed by atoms with Crippen molar-refractivity contribution in [2.45, 2.75) is 32.6 Å². The van der Waals surface area contributed by atoms with Crippen molar-refractivity contribution in [2.75, 3.05) is 31.1 Å². The predicted octanol–water partition coefficient (Wildman–Crippen LogP) is 2.59. The number of carbonyl (C=O) groups is 1. The van der Waals surface area contributed by atoms with Crippen LogP contribution < -0.4 is 15.8 Å². The molecule has 1 aromatic heterocycles. The van der Waals surface area contributed by atoms with Crippen LogP contribution in [0.15, 0.2) is 29.1 Å². The minimum atomic E-state index is -1.43. The molecule has 0 saturated carbocycles. The van der Waals surface area contributed by atoms with E-state index in [2.05, 4.69) is 15.2 Å². The number of aromatic carboxylic acids is 1. The zero-order valence-electron chi connectivity index (χ0n) is 16.6. The Kier molecular flexibility index (Phi) is 5.08. The van der Waals surface area contributed by atoms with Crippen molar-refractivity contribution >= 4 is 11.7 Å². The third-order valence-corrected chi connectivity index (χ3v) is 6.48. The van der Waals surface area contributed by atoms with Gasteiger partial charge in [-0.15, -0.1) is 0 Å². The Hall–Kier alpha value is -2.80. The fourth-order valence-corrected chi connectivity index (χ4v) is 4.78. The van der Waals surface area contributed by atoms with Crippen molar-refractivity contribution < 1.29 is 15.0 Å². The van der Waals surface area contributed by atoms with Crippen LogP contribution in [-0.4, -0.2) is 47.3 Å². The van der Waals surface area contributed by atoms with Crippen molar-refractivity contribution in [1.82, 2.24) is 10.3 Å². The summed E-state index contributed by atoms with van der Waals surface area (Å²) in [6.07, 6.45) is 4.06. The molecule has 1 aromatic carbocycles. The highest BCUT2D eigenvalue weighted by Gasteiger charge is 2.38. The molecular weight excluding hydrogens is 370 g/mol. The SMILES string of the molecule is CCc1c(-c2ccc(N3CCC4(CCNCC4)C3)cc2)[nH]c(=O)c(C(=O)O)c1O. The van der Waals surface area contributed by atoms with Crippen LogP contribution in [0.1, 0.15) is 42.1 Å². The van der Waals surface area contributed by atoms with Crippen LogP contribution in [0.3, 0.4) is 0 Å². The number of pyridine rings is 1. The van der Waals surface area contributed by atoms with E-state index in [1.807, 2.05) is 31.2 Å². The number of piperidine rings is 1. The monoisotopic (exact) mass is 397 g/mol. The molecule has 0 radical (unpaired) electrons. The van der Waals surface area contributed by atoms with Gasteiger partial charge in [0.25, 0.3) is 5.56 Å². The van der Waals surface area contributed by atoms with E-state index < -0.39 is 22.8 Å². The number of aromatic nitrogens is 1. The number of benzene rings is 1. The Labute approximate surface area is 169 Å². The van der Waals surface area contributed by atoms with Gasteiger partial charge in [0.05, 0.1) is 5.69 Å². The lowest BCUT2D eigenvalue weighted by Crippen LogP contribution is -2.38. The molecule has 4 N–H and O–H groups in total. The second kappa shape index (κ2) is 7.55. The van der Waals surface area contributed by atoms with Crippen molar-refractivity contribution in [1.29, 1.82) is 0 Å². The summed E-state index contributed by atoms with van der Waals surface area (Å²) < 4.78 is 0. The molecule has 154 valence electrons. The molecule has 2 aliphatic rings. The number of hydrogen-bond acceptors (Lipinski definition) is 5. The predicted molar refractivity (Wildman–Crippen MR) is 112 cm³/mol. The minimum absolute atomic E-state index is 0.405. The van der Waals surface area contributed by atoms with Crippen LogP contribution >= 0.6 is 0 Å². The smallest absolute Gasteiger partial charge is 0.345 e. The summed E-state index contributed by atoms with van der Waals surface area (Å²) in [5.74, 6) is -1.88. The minimum Gasteiger partial charge on any atom is -0.506 e. The van der Waals surface area contributed by atoms with Crippen molar-refractivity contribution in [3.8, 4) is 17.0 Å². The van der Waals surface area contributed by atoms with Crippen LogP contribution in [0.25, 0.3) is 11.3 Å².